The van der Waals surface area contributed by atoms with Gasteiger partial charge in [-0.2, -0.15) is 5.10 Å². The first-order valence-corrected chi connectivity index (χ1v) is 9.13. The summed E-state index contributed by atoms with van der Waals surface area (Å²) in [6.07, 6.45) is 3.85. The van der Waals surface area contributed by atoms with Gasteiger partial charge in [0.15, 0.2) is 5.13 Å². The van der Waals surface area contributed by atoms with Gasteiger partial charge in [-0.15, -0.1) is 11.3 Å². The van der Waals surface area contributed by atoms with Crippen LogP contribution in [0.5, 0.6) is 0 Å². The number of rotatable bonds is 2. The van der Waals surface area contributed by atoms with Crippen molar-refractivity contribution >= 4 is 22.4 Å². The summed E-state index contributed by atoms with van der Waals surface area (Å²) in [5.74, 6) is -0.0200. The molecule has 2 fully saturated rings. The molecule has 1 amide bonds. The molecule has 0 radical (unpaired) electrons. The Morgan fingerprint density at radius 2 is 2.33 bits per heavy atom. The molecule has 4 heterocycles. The summed E-state index contributed by atoms with van der Waals surface area (Å²) in [6.45, 7) is 5.47. The van der Waals surface area contributed by atoms with Crippen LogP contribution < -0.4 is 4.90 Å². The van der Waals surface area contributed by atoms with Crippen molar-refractivity contribution < 1.29 is 9.53 Å². The second-order valence-corrected chi connectivity index (χ2v) is 7.41. The normalized spacial score (nSPS) is 24.5. The third kappa shape index (κ3) is 2.91. The molecule has 4 rings (SSSR count). The van der Waals surface area contributed by atoms with E-state index in [-0.39, 0.29) is 11.5 Å². The van der Waals surface area contributed by atoms with Crippen molar-refractivity contribution in [2.24, 2.45) is 0 Å². The first-order chi connectivity index (χ1) is 11.7. The number of amides is 1. The zero-order valence-corrected chi connectivity index (χ0v) is 14.5. The van der Waals surface area contributed by atoms with Crippen LogP contribution in [-0.4, -0.2) is 64.4 Å². The number of aromatic amines is 1. The Balaban J connectivity index is 1.50. The van der Waals surface area contributed by atoms with Gasteiger partial charge in [0.25, 0.3) is 5.91 Å². The smallest absolute Gasteiger partial charge is 0.274 e. The van der Waals surface area contributed by atoms with Crippen molar-refractivity contribution in [3.8, 4) is 0 Å². The second-order valence-electron chi connectivity index (χ2n) is 6.53. The van der Waals surface area contributed by atoms with Crippen molar-refractivity contribution in [3.63, 3.8) is 0 Å². The van der Waals surface area contributed by atoms with E-state index >= 15 is 0 Å². The molecular weight excluding hydrogens is 326 g/mol. The van der Waals surface area contributed by atoms with Gasteiger partial charge in [0.05, 0.1) is 19.7 Å². The highest BCUT2D eigenvalue weighted by Crippen LogP contribution is 2.32. The largest absolute Gasteiger partial charge is 0.369 e. The average molecular weight is 347 g/mol. The number of carbonyl (C=O) groups is 1. The zero-order valence-electron chi connectivity index (χ0n) is 13.7. The number of hydrogen-bond acceptors (Lipinski definition) is 6. The lowest BCUT2D eigenvalue weighted by molar-refractivity contribution is -0.105. The topological polar surface area (TPSA) is 74.3 Å². The SMILES string of the molecule is Cc1cc(C(=O)N2CCOC3(CCCN(c4nccs4)C3)C2)n[nH]1. The van der Waals surface area contributed by atoms with E-state index in [2.05, 4.69) is 20.1 Å². The Morgan fingerprint density at radius 1 is 1.42 bits per heavy atom. The summed E-state index contributed by atoms with van der Waals surface area (Å²) >= 11 is 1.65. The minimum Gasteiger partial charge on any atom is -0.369 e. The standard InChI is InChI=1S/C16H21N5O2S/c1-12-9-13(19-18-12)14(22)20-6-7-23-16(10-20)3-2-5-21(11-16)15-17-4-8-24-15/h4,8-9H,2-3,5-7,10-11H2,1H3,(H,18,19). The number of piperidine rings is 1. The monoisotopic (exact) mass is 347 g/mol. The number of H-pyrrole nitrogens is 1. The number of hydrogen-bond donors (Lipinski definition) is 1. The Labute approximate surface area is 144 Å². The number of aromatic nitrogens is 3. The summed E-state index contributed by atoms with van der Waals surface area (Å²) in [5.41, 5.74) is 1.08. The van der Waals surface area contributed by atoms with E-state index in [0.717, 1.165) is 36.8 Å². The Bertz CT molecular complexity index is 712. The van der Waals surface area contributed by atoms with Gasteiger partial charge in [0.1, 0.15) is 11.3 Å². The third-order valence-electron chi connectivity index (χ3n) is 4.69. The highest BCUT2D eigenvalue weighted by Gasteiger charge is 2.42. The van der Waals surface area contributed by atoms with Crippen LogP contribution in [0.25, 0.3) is 0 Å². The molecule has 0 bridgehead atoms. The van der Waals surface area contributed by atoms with Gasteiger partial charge in [0, 0.05) is 30.4 Å². The predicted molar refractivity (Wildman–Crippen MR) is 91.5 cm³/mol. The molecule has 1 N–H and O–H groups in total. The molecule has 2 saturated heterocycles. The lowest BCUT2D eigenvalue weighted by atomic mass is 9.91. The molecule has 1 atom stereocenters. The maximum absolute atomic E-state index is 12.7. The van der Waals surface area contributed by atoms with Crippen molar-refractivity contribution in [1.82, 2.24) is 20.1 Å². The molecule has 2 aromatic heterocycles. The molecule has 2 aliphatic rings. The van der Waals surface area contributed by atoms with Crippen LogP contribution in [0.15, 0.2) is 17.6 Å². The summed E-state index contributed by atoms with van der Waals surface area (Å²) in [4.78, 5) is 21.3. The molecule has 1 spiro atoms. The van der Waals surface area contributed by atoms with Gasteiger partial charge in [0.2, 0.25) is 0 Å². The van der Waals surface area contributed by atoms with E-state index in [1.54, 1.807) is 17.4 Å². The first kappa shape index (κ1) is 15.6. The maximum atomic E-state index is 12.7. The van der Waals surface area contributed by atoms with Crippen LogP contribution >= 0.6 is 11.3 Å². The second kappa shape index (κ2) is 6.18. The molecule has 2 aromatic rings. The molecule has 2 aliphatic heterocycles. The lowest BCUT2D eigenvalue weighted by Crippen LogP contribution is -2.60. The predicted octanol–water partition coefficient (Wildman–Crippen LogP) is 1.69. The number of anilines is 1. The Morgan fingerprint density at radius 3 is 3.08 bits per heavy atom. The van der Waals surface area contributed by atoms with E-state index in [1.807, 2.05) is 23.4 Å². The molecule has 7 nitrogen and oxygen atoms in total. The van der Waals surface area contributed by atoms with Crippen LogP contribution in [0, 0.1) is 6.92 Å². The van der Waals surface area contributed by atoms with Gasteiger partial charge in [-0.1, -0.05) is 0 Å². The van der Waals surface area contributed by atoms with Gasteiger partial charge in [-0.05, 0) is 25.8 Å². The molecule has 0 aromatic carbocycles. The van der Waals surface area contributed by atoms with E-state index in [0.29, 0.717) is 25.4 Å². The molecule has 24 heavy (non-hydrogen) atoms. The van der Waals surface area contributed by atoms with Crippen molar-refractivity contribution in [2.75, 3.05) is 37.7 Å². The zero-order chi connectivity index (χ0) is 16.6. The summed E-state index contributed by atoms with van der Waals surface area (Å²) in [7, 11) is 0. The number of nitrogens with one attached hydrogen (secondary N) is 1. The van der Waals surface area contributed by atoms with Crippen LogP contribution in [0.1, 0.15) is 29.0 Å². The van der Waals surface area contributed by atoms with Crippen LogP contribution in [0.3, 0.4) is 0 Å². The fourth-order valence-electron chi connectivity index (χ4n) is 3.59. The highest BCUT2D eigenvalue weighted by molar-refractivity contribution is 7.13. The third-order valence-corrected chi connectivity index (χ3v) is 5.52. The number of morpholine rings is 1. The fraction of sp³-hybridized carbons (Fsp3) is 0.562. The average Bonchev–Trinajstić information content (AvgIpc) is 3.26. The highest BCUT2D eigenvalue weighted by atomic mass is 32.1. The van der Waals surface area contributed by atoms with Crippen molar-refractivity contribution in [3.05, 3.63) is 29.0 Å². The van der Waals surface area contributed by atoms with Gasteiger partial charge >= 0.3 is 0 Å². The van der Waals surface area contributed by atoms with Gasteiger partial charge in [-0.25, -0.2) is 4.98 Å². The van der Waals surface area contributed by atoms with E-state index in [1.165, 1.54) is 0 Å². The quantitative estimate of drug-likeness (QED) is 0.895. The maximum Gasteiger partial charge on any atom is 0.274 e. The van der Waals surface area contributed by atoms with Crippen LogP contribution in [-0.2, 0) is 4.74 Å². The van der Waals surface area contributed by atoms with E-state index < -0.39 is 0 Å². The Hall–Kier alpha value is -1.93. The lowest BCUT2D eigenvalue weighted by Gasteiger charge is -2.47. The summed E-state index contributed by atoms with van der Waals surface area (Å²) in [5, 5.41) is 9.97. The van der Waals surface area contributed by atoms with Crippen molar-refractivity contribution in [2.45, 2.75) is 25.4 Å². The molecule has 128 valence electrons. The number of nitrogens with zero attached hydrogens (tertiary/aromatic N) is 4. The summed E-state index contributed by atoms with van der Waals surface area (Å²) in [6, 6.07) is 1.80. The first-order valence-electron chi connectivity index (χ1n) is 8.25. The number of thiazole rings is 1. The number of aryl methyl sites for hydroxylation is 1. The van der Waals surface area contributed by atoms with Crippen LogP contribution in [0.2, 0.25) is 0 Å². The van der Waals surface area contributed by atoms with E-state index in [9.17, 15) is 4.79 Å². The number of carbonyl (C=O) groups excluding carboxylic acids is 1. The minimum atomic E-state index is -0.302. The fourth-order valence-corrected chi connectivity index (χ4v) is 4.26. The summed E-state index contributed by atoms with van der Waals surface area (Å²) < 4.78 is 6.17. The molecule has 0 aliphatic carbocycles. The molecule has 8 heteroatoms. The molecule has 1 unspecified atom stereocenters. The van der Waals surface area contributed by atoms with Crippen molar-refractivity contribution in [1.29, 1.82) is 0 Å². The minimum absolute atomic E-state index is 0.0200. The molecular formula is C16H21N5O2S. The molecule has 0 saturated carbocycles. The van der Waals surface area contributed by atoms with Gasteiger partial charge in [-0.3, -0.25) is 9.89 Å². The van der Waals surface area contributed by atoms with Gasteiger partial charge < -0.3 is 14.5 Å². The van der Waals surface area contributed by atoms with Crippen LogP contribution in [0.4, 0.5) is 5.13 Å². The Kier molecular flexibility index (Phi) is 4.01. The van der Waals surface area contributed by atoms with E-state index in [4.69, 9.17) is 4.74 Å². The number of ether oxygens (including phenoxy) is 1.